The largest absolute Gasteiger partial charge is 0.437 e. The number of alkyl halides is 3. The lowest BCUT2D eigenvalue weighted by Gasteiger charge is -2.11. The van der Waals surface area contributed by atoms with E-state index in [4.69, 9.17) is 5.21 Å². The molecular weight excluding hydrogens is 231 g/mol. The van der Waals surface area contributed by atoms with Crippen molar-refractivity contribution in [1.82, 2.24) is 0 Å². The van der Waals surface area contributed by atoms with Crippen LogP contribution in [-0.2, 0) is 0 Å². The zero-order valence-corrected chi connectivity index (χ0v) is 8.57. The first-order valence-corrected chi connectivity index (χ1v) is 4.81. The molecule has 0 bridgehead atoms. The molecule has 0 heterocycles. The van der Waals surface area contributed by atoms with E-state index in [-0.39, 0.29) is 5.56 Å². The number of oxime groups is 1. The van der Waals surface area contributed by atoms with E-state index < -0.39 is 11.9 Å². The van der Waals surface area contributed by atoms with Crippen molar-refractivity contribution in [2.45, 2.75) is 6.18 Å². The second kappa shape index (κ2) is 4.08. The molecular formula is C12H8F3NO. The average molecular weight is 239 g/mol. The topological polar surface area (TPSA) is 32.6 Å². The van der Waals surface area contributed by atoms with Crippen LogP contribution in [-0.4, -0.2) is 17.1 Å². The van der Waals surface area contributed by atoms with Gasteiger partial charge in [-0.1, -0.05) is 47.6 Å². The van der Waals surface area contributed by atoms with Gasteiger partial charge in [0, 0.05) is 5.56 Å². The molecule has 0 spiro atoms. The molecule has 2 aromatic carbocycles. The number of nitrogens with zero attached hydrogens (tertiary/aromatic N) is 1. The van der Waals surface area contributed by atoms with E-state index in [2.05, 4.69) is 5.16 Å². The van der Waals surface area contributed by atoms with E-state index in [1.807, 2.05) is 0 Å². The summed E-state index contributed by atoms with van der Waals surface area (Å²) in [7, 11) is 0. The second-order valence-electron chi connectivity index (χ2n) is 3.47. The van der Waals surface area contributed by atoms with Crippen LogP contribution in [0, 0.1) is 0 Å². The summed E-state index contributed by atoms with van der Waals surface area (Å²) in [5, 5.41) is 12.0. The third kappa shape index (κ3) is 2.08. The standard InChI is InChI=1S/C12H8F3NO/c13-12(14,15)11(16-17)10-7-3-5-8-4-1-2-6-9(8)10/h1-7,17H/b16-11+. The number of halogens is 3. The molecule has 0 aliphatic carbocycles. The van der Waals surface area contributed by atoms with E-state index >= 15 is 0 Å². The molecule has 1 N–H and O–H groups in total. The van der Waals surface area contributed by atoms with Gasteiger partial charge in [-0.2, -0.15) is 13.2 Å². The van der Waals surface area contributed by atoms with Crippen molar-refractivity contribution >= 4 is 16.5 Å². The van der Waals surface area contributed by atoms with Crippen LogP contribution in [0.25, 0.3) is 10.8 Å². The molecule has 0 fully saturated rings. The van der Waals surface area contributed by atoms with E-state index in [0.29, 0.717) is 10.8 Å². The van der Waals surface area contributed by atoms with Gasteiger partial charge in [-0.25, -0.2) is 0 Å². The fourth-order valence-corrected chi connectivity index (χ4v) is 1.70. The molecule has 0 atom stereocenters. The van der Waals surface area contributed by atoms with Crippen LogP contribution in [0.5, 0.6) is 0 Å². The Morgan fingerprint density at radius 1 is 1.00 bits per heavy atom. The summed E-state index contributed by atoms with van der Waals surface area (Å²) in [4.78, 5) is 0. The van der Waals surface area contributed by atoms with Crippen molar-refractivity contribution in [1.29, 1.82) is 0 Å². The summed E-state index contributed by atoms with van der Waals surface area (Å²) in [6.07, 6.45) is -4.68. The zero-order valence-electron chi connectivity index (χ0n) is 8.57. The fourth-order valence-electron chi connectivity index (χ4n) is 1.70. The molecule has 17 heavy (non-hydrogen) atoms. The number of fused-ring (bicyclic) bond motifs is 1. The van der Waals surface area contributed by atoms with Crippen molar-refractivity contribution in [2.24, 2.45) is 5.16 Å². The number of hydrogen-bond acceptors (Lipinski definition) is 2. The van der Waals surface area contributed by atoms with Crippen molar-refractivity contribution in [3.8, 4) is 0 Å². The predicted octanol–water partition coefficient (Wildman–Crippen LogP) is 3.58. The quantitative estimate of drug-likeness (QED) is 0.460. The third-order valence-corrected chi connectivity index (χ3v) is 2.41. The molecule has 0 amide bonds. The lowest BCUT2D eigenvalue weighted by atomic mass is 10.0. The van der Waals surface area contributed by atoms with E-state index in [9.17, 15) is 13.2 Å². The van der Waals surface area contributed by atoms with Gasteiger partial charge in [0.05, 0.1) is 0 Å². The molecule has 0 aliphatic rings. The SMILES string of the molecule is O/N=C(\c1cccc2ccccc12)C(F)(F)F. The summed E-state index contributed by atoms with van der Waals surface area (Å²) in [6, 6.07) is 11.1. The Labute approximate surface area is 95.0 Å². The Kier molecular flexibility index (Phi) is 2.75. The first kappa shape index (κ1) is 11.4. The molecule has 0 unspecified atom stereocenters. The van der Waals surface area contributed by atoms with Gasteiger partial charge in [-0.15, -0.1) is 0 Å². The lowest BCUT2D eigenvalue weighted by molar-refractivity contribution is -0.0600. The maximum atomic E-state index is 12.6. The van der Waals surface area contributed by atoms with Crippen LogP contribution in [0.2, 0.25) is 0 Å². The Balaban J connectivity index is 2.71. The monoisotopic (exact) mass is 239 g/mol. The highest BCUT2D eigenvalue weighted by molar-refractivity contribution is 6.13. The summed E-state index contributed by atoms with van der Waals surface area (Å²) in [5.74, 6) is 0. The first-order valence-electron chi connectivity index (χ1n) is 4.81. The van der Waals surface area contributed by atoms with Crippen molar-refractivity contribution in [2.75, 3.05) is 0 Å². The van der Waals surface area contributed by atoms with Crippen molar-refractivity contribution in [3.05, 3.63) is 48.0 Å². The van der Waals surface area contributed by atoms with Crippen molar-refractivity contribution < 1.29 is 18.4 Å². The average Bonchev–Trinajstić information content (AvgIpc) is 2.28. The van der Waals surface area contributed by atoms with Crippen LogP contribution in [0.3, 0.4) is 0 Å². The Bertz CT molecular complexity index is 570. The van der Waals surface area contributed by atoms with Gasteiger partial charge in [0.15, 0.2) is 5.71 Å². The second-order valence-corrected chi connectivity index (χ2v) is 3.47. The molecule has 0 radical (unpaired) electrons. The minimum Gasteiger partial charge on any atom is -0.410 e. The summed E-state index contributed by atoms with van der Waals surface area (Å²) >= 11 is 0. The number of benzene rings is 2. The first-order chi connectivity index (χ1) is 8.04. The maximum Gasteiger partial charge on any atom is 0.437 e. The Morgan fingerprint density at radius 3 is 2.29 bits per heavy atom. The zero-order chi connectivity index (χ0) is 12.5. The van der Waals surface area contributed by atoms with Gasteiger partial charge in [0.25, 0.3) is 0 Å². The highest BCUT2D eigenvalue weighted by atomic mass is 19.4. The number of rotatable bonds is 1. The Hall–Kier alpha value is -2.04. The minimum absolute atomic E-state index is 0.127. The van der Waals surface area contributed by atoms with Crippen LogP contribution < -0.4 is 0 Å². The molecule has 5 heteroatoms. The lowest BCUT2D eigenvalue weighted by Crippen LogP contribution is -2.24. The smallest absolute Gasteiger partial charge is 0.410 e. The van der Waals surface area contributed by atoms with Gasteiger partial charge in [0.2, 0.25) is 0 Å². The molecule has 88 valence electrons. The highest BCUT2D eigenvalue weighted by Gasteiger charge is 2.38. The molecule has 0 aromatic heterocycles. The third-order valence-electron chi connectivity index (χ3n) is 2.41. The fraction of sp³-hybridized carbons (Fsp3) is 0.0833. The van der Waals surface area contributed by atoms with Crippen LogP contribution in [0.4, 0.5) is 13.2 Å². The van der Waals surface area contributed by atoms with Crippen LogP contribution >= 0.6 is 0 Å². The Morgan fingerprint density at radius 2 is 1.65 bits per heavy atom. The summed E-state index contributed by atoms with van der Waals surface area (Å²) < 4.78 is 37.9. The summed E-state index contributed by atoms with van der Waals surface area (Å²) in [6.45, 7) is 0. The molecule has 2 nitrogen and oxygen atoms in total. The van der Waals surface area contributed by atoms with Gasteiger partial charge >= 0.3 is 6.18 Å². The van der Waals surface area contributed by atoms with Gasteiger partial charge in [-0.3, -0.25) is 0 Å². The highest BCUT2D eigenvalue weighted by Crippen LogP contribution is 2.27. The van der Waals surface area contributed by atoms with Gasteiger partial charge in [0.1, 0.15) is 0 Å². The van der Waals surface area contributed by atoms with E-state index in [1.165, 1.54) is 12.1 Å². The molecule has 0 saturated heterocycles. The van der Waals surface area contributed by atoms with Crippen LogP contribution in [0.1, 0.15) is 5.56 Å². The normalized spacial score (nSPS) is 13.0. The summed E-state index contributed by atoms with van der Waals surface area (Å²) in [5.41, 5.74) is -1.41. The minimum atomic E-state index is -4.68. The predicted molar refractivity (Wildman–Crippen MR) is 58.3 cm³/mol. The van der Waals surface area contributed by atoms with Crippen molar-refractivity contribution in [3.63, 3.8) is 0 Å². The molecule has 2 rings (SSSR count). The molecule has 0 saturated carbocycles. The molecule has 2 aromatic rings. The van der Waals surface area contributed by atoms with Crippen LogP contribution in [0.15, 0.2) is 47.6 Å². The van der Waals surface area contributed by atoms with E-state index in [1.54, 1.807) is 30.3 Å². The number of hydrogen-bond donors (Lipinski definition) is 1. The van der Waals surface area contributed by atoms with Gasteiger partial charge in [-0.05, 0) is 10.8 Å². The maximum absolute atomic E-state index is 12.6. The van der Waals surface area contributed by atoms with Gasteiger partial charge < -0.3 is 5.21 Å². The van der Waals surface area contributed by atoms with E-state index in [0.717, 1.165) is 0 Å². The molecule has 0 aliphatic heterocycles.